The van der Waals surface area contributed by atoms with Gasteiger partial charge in [-0.15, -0.1) is 0 Å². The van der Waals surface area contributed by atoms with Crippen LogP contribution in [0, 0.1) is 11.8 Å². The summed E-state index contributed by atoms with van der Waals surface area (Å²) in [5.41, 5.74) is 2.73. The third-order valence-electron chi connectivity index (χ3n) is 6.89. The number of hydrogen-bond donors (Lipinski definition) is 1. The molecular formula is C29H29Cl2NO5. The Morgan fingerprint density at radius 1 is 1.05 bits per heavy atom. The number of hydrogen-bond acceptors (Lipinski definition) is 5. The van der Waals surface area contributed by atoms with Crippen LogP contribution in [-0.2, 0) is 9.53 Å². The summed E-state index contributed by atoms with van der Waals surface area (Å²) in [4.78, 5) is 12.5. The Morgan fingerprint density at radius 2 is 1.89 bits per heavy atom. The van der Waals surface area contributed by atoms with Crippen molar-refractivity contribution in [1.82, 2.24) is 0 Å². The van der Waals surface area contributed by atoms with Crippen molar-refractivity contribution in [3.8, 4) is 17.2 Å². The van der Waals surface area contributed by atoms with Crippen molar-refractivity contribution in [3.05, 3.63) is 81.8 Å². The number of carbonyl (C=O) groups excluding carboxylic acids is 1. The predicted octanol–water partition coefficient (Wildman–Crippen LogP) is 7.26. The molecule has 6 nitrogen and oxygen atoms in total. The van der Waals surface area contributed by atoms with Gasteiger partial charge in [-0.05, 0) is 65.8 Å². The fraction of sp³-hybridized carbons (Fsp3) is 0.345. The van der Waals surface area contributed by atoms with Crippen LogP contribution < -0.4 is 19.5 Å². The second kappa shape index (κ2) is 11.2. The quantitative estimate of drug-likeness (QED) is 0.341. The van der Waals surface area contributed by atoms with Crippen molar-refractivity contribution in [3.63, 3.8) is 0 Å². The van der Waals surface area contributed by atoms with Gasteiger partial charge < -0.3 is 24.3 Å². The number of halogens is 2. The highest BCUT2D eigenvalue weighted by Gasteiger charge is 2.35. The Hall–Kier alpha value is -2.93. The standard InChI is InChI=1S/C29H29Cl2NO5/c1-17(2)24-11-19(23-8-6-20(30)12-25(23)31)14-35-29(24)18-4-3-5-22(10-18)34-15-28(33)32-21-7-9-26-27(13-21)37-16-36-26/h3-10,12-13,17,19,24,29H,11,14-16H2,1-2H3,(H,32,33)/t19-,24-,29-/m0/s1. The first-order chi connectivity index (χ1) is 17.9. The Morgan fingerprint density at radius 3 is 2.70 bits per heavy atom. The van der Waals surface area contributed by atoms with Crippen molar-refractivity contribution in [2.24, 2.45) is 11.8 Å². The van der Waals surface area contributed by atoms with E-state index >= 15 is 0 Å². The molecule has 1 saturated heterocycles. The third kappa shape index (κ3) is 5.98. The minimum absolute atomic E-state index is 0.0756. The van der Waals surface area contributed by atoms with Crippen LogP contribution in [0.4, 0.5) is 5.69 Å². The number of rotatable bonds is 7. The van der Waals surface area contributed by atoms with Gasteiger partial charge in [0.25, 0.3) is 5.91 Å². The van der Waals surface area contributed by atoms with Gasteiger partial charge in [-0.3, -0.25) is 4.79 Å². The normalized spacial score (nSPS) is 20.6. The lowest BCUT2D eigenvalue weighted by atomic mass is 9.76. The summed E-state index contributed by atoms with van der Waals surface area (Å²) in [6.45, 7) is 5.07. The van der Waals surface area contributed by atoms with Gasteiger partial charge in [0.2, 0.25) is 6.79 Å². The van der Waals surface area contributed by atoms with Crippen molar-refractivity contribution < 1.29 is 23.7 Å². The number of amides is 1. The summed E-state index contributed by atoms with van der Waals surface area (Å²) in [6, 6.07) is 18.7. The third-order valence-corrected chi connectivity index (χ3v) is 7.46. The predicted molar refractivity (Wildman–Crippen MR) is 144 cm³/mol. The minimum atomic E-state index is -0.263. The lowest BCUT2D eigenvalue weighted by molar-refractivity contribution is -0.118. The number of benzene rings is 3. The number of anilines is 1. The largest absolute Gasteiger partial charge is 0.484 e. The molecule has 1 fully saturated rings. The van der Waals surface area contributed by atoms with Crippen molar-refractivity contribution in [1.29, 1.82) is 0 Å². The second-order valence-corrected chi connectivity index (χ2v) is 10.6. The van der Waals surface area contributed by atoms with Crippen molar-refractivity contribution in [2.75, 3.05) is 25.3 Å². The average molecular weight is 542 g/mol. The monoisotopic (exact) mass is 541 g/mol. The topological polar surface area (TPSA) is 66.0 Å². The van der Waals surface area contributed by atoms with Crippen LogP contribution in [0.5, 0.6) is 17.2 Å². The van der Waals surface area contributed by atoms with E-state index in [1.54, 1.807) is 24.3 Å². The molecule has 0 radical (unpaired) electrons. The molecular weight excluding hydrogens is 513 g/mol. The summed E-state index contributed by atoms with van der Waals surface area (Å²) >= 11 is 12.6. The van der Waals surface area contributed by atoms with Crippen LogP contribution in [-0.4, -0.2) is 25.9 Å². The number of ether oxygens (including phenoxy) is 4. The van der Waals surface area contributed by atoms with Gasteiger partial charge in [0.1, 0.15) is 5.75 Å². The molecule has 5 rings (SSSR count). The van der Waals surface area contributed by atoms with Gasteiger partial charge in [0.15, 0.2) is 18.1 Å². The Labute approximate surface area is 226 Å². The van der Waals surface area contributed by atoms with Gasteiger partial charge in [-0.1, -0.05) is 55.2 Å². The molecule has 0 aliphatic carbocycles. The Balaban J connectivity index is 1.23. The number of fused-ring (bicyclic) bond motifs is 1. The maximum atomic E-state index is 12.5. The second-order valence-electron chi connectivity index (χ2n) is 9.74. The van der Waals surface area contributed by atoms with E-state index < -0.39 is 0 Å². The van der Waals surface area contributed by atoms with Crippen molar-refractivity contribution in [2.45, 2.75) is 32.3 Å². The molecule has 2 aliphatic heterocycles. The highest BCUT2D eigenvalue weighted by atomic mass is 35.5. The van der Waals surface area contributed by atoms with E-state index in [1.807, 2.05) is 30.3 Å². The first-order valence-electron chi connectivity index (χ1n) is 12.4. The number of nitrogens with one attached hydrogen (secondary N) is 1. The highest BCUT2D eigenvalue weighted by Crippen LogP contribution is 2.45. The molecule has 0 aromatic heterocycles. The van der Waals surface area contributed by atoms with Crippen LogP contribution in [0.3, 0.4) is 0 Å². The maximum Gasteiger partial charge on any atom is 0.262 e. The van der Waals surface area contributed by atoms with E-state index in [0.717, 1.165) is 17.5 Å². The van der Waals surface area contributed by atoms with E-state index in [1.165, 1.54) is 0 Å². The molecule has 0 bridgehead atoms. The highest BCUT2D eigenvalue weighted by molar-refractivity contribution is 6.35. The van der Waals surface area contributed by atoms with E-state index in [-0.39, 0.29) is 37.2 Å². The Bertz CT molecular complexity index is 1280. The van der Waals surface area contributed by atoms with Crippen LogP contribution in [0.15, 0.2) is 60.7 Å². The van der Waals surface area contributed by atoms with Crippen LogP contribution in [0.25, 0.3) is 0 Å². The molecule has 1 N–H and O–H groups in total. The van der Waals surface area contributed by atoms with E-state index in [0.29, 0.717) is 45.5 Å². The maximum absolute atomic E-state index is 12.5. The number of carbonyl (C=O) groups is 1. The summed E-state index contributed by atoms with van der Waals surface area (Å²) < 4.78 is 22.9. The lowest BCUT2D eigenvalue weighted by Crippen LogP contribution is -2.31. The average Bonchev–Trinajstić information content (AvgIpc) is 3.35. The first kappa shape index (κ1) is 25.7. The summed E-state index contributed by atoms with van der Waals surface area (Å²) in [6.07, 6.45) is 0.875. The molecule has 2 heterocycles. The zero-order valence-corrected chi connectivity index (χ0v) is 22.2. The molecule has 0 unspecified atom stereocenters. The van der Waals surface area contributed by atoms with Gasteiger partial charge in [0.05, 0.1) is 12.7 Å². The zero-order chi connectivity index (χ0) is 25.9. The zero-order valence-electron chi connectivity index (χ0n) is 20.7. The molecule has 0 spiro atoms. The summed E-state index contributed by atoms with van der Waals surface area (Å²) in [7, 11) is 0. The van der Waals surface area contributed by atoms with E-state index in [2.05, 4.69) is 25.2 Å². The molecule has 2 aliphatic rings. The molecule has 8 heteroatoms. The van der Waals surface area contributed by atoms with Crippen LogP contribution in [0.1, 0.15) is 43.4 Å². The van der Waals surface area contributed by atoms with Crippen molar-refractivity contribution >= 4 is 34.8 Å². The first-order valence-corrected chi connectivity index (χ1v) is 13.1. The fourth-order valence-electron chi connectivity index (χ4n) is 4.98. The van der Waals surface area contributed by atoms with Crippen LogP contribution >= 0.6 is 23.2 Å². The SMILES string of the molecule is CC(C)[C@@H]1C[C@H](c2ccc(Cl)cc2Cl)CO[C@H]1c1cccc(OCC(=O)Nc2ccc3c(c2)OCO3)c1. The molecule has 37 heavy (non-hydrogen) atoms. The molecule has 3 atom stereocenters. The van der Waals surface area contributed by atoms with E-state index in [4.69, 9.17) is 42.1 Å². The molecule has 3 aromatic rings. The molecule has 194 valence electrons. The fourth-order valence-corrected chi connectivity index (χ4v) is 5.54. The Kier molecular flexibility index (Phi) is 7.79. The smallest absolute Gasteiger partial charge is 0.262 e. The summed E-state index contributed by atoms with van der Waals surface area (Å²) in [5.74, 6) is 2.52. The van der Waals surface area contributed by atoms with Gasteiger partial charge in [-0.25, -0.2) is 0 Å². The van der Waals surface area contributed by atoms with Gasteiger partial charge in [0, 0.05) is 27.7 Å². The van der Waals surface area contributed by atoms with Gasteiger partial charge >= 0.3 is 0 Å². The molecule has 3 aromatic carbocycles. The van der Waals surface area contributed by atoms with Gasteiger partial charge in [-0.2, -0.15) is 0 Å². The summed E-state index contributed by atoms with van der Waals surface area (Å²) in [5, 5.41) is 4.13. The molecule has 0 saturated carbocycles. The van der Waals surface area contributed by atoms with Crippen LogP contribution in [0.2, 0.25) is 10.0 Å². The van der Waals surface area contributed by atoms with E-state index in [9.17, 15) is 4.79 Å². The lowest BCUT2D eigenvalue weighted by Gasteiger charge is -2.39. The minimum Gasteiger partial charge on any atom is -0.484 e. The molecule has 1 amide bonds.